The van der Waals surface area contributed by atoms with Gasteiger partial charge in [0.25, 0.3) is 0 Å². The number of nitrogens with zero attached hydrogens (tertiary/aromatic N) is 1. The monoisotopic (exact) mass is 376 g/mol. The smallest absolute Gasteiger partial charge is 0.243 e. The summed E-state index contributed by atoms with van der Waals surface area (Å²) in [5.74, 6) is 1.54. The number of benzene rings is 1. The molecule has 0 spiro atoms. The highest BCUT2D eigenvalue weighted by molar-refractivity contribution is 7.89. The highest BCUT2D eigenvalue weighted by Crippen LogP contribution is 2.25. The van der Waals surface area contributed by atoms with Gasteiger partial charge in [-0.05, 0) is 62.5 Å². The van der Waals surface area contributed by atoms with Gasteiger partial charge in [-0.1, -0.05) is 13.8 Å². The van der Waals surface area contributed by atoms with Crippen LogP contribution in [-0.2, 0) is 10.0 Å². The molecule has 1 fully saturated rings. The van der Waals surface area contributed by atoms with Gasteiger partial charge in [-0.25, -0.2) is 8.42 Å². The zero-order valence-electron chi connectivity index (χ0n) is 14.7. The molecule has 1 aromatic rings. The summed E-state index contributed by atoms with van der Waals surface area (Å²) in [6.07, 6.45) is 2.00. The molecule has 0 saturated carbocycles. The molecule has 1 unspecified atom stereocenters. The van der Waals surface area contributed by atoms with Crippen LogP contribution in [0.3, 0.4) is 0 Å². The highest BCUT2D eigenvalue weighted by atomic mass is 35.5. The molecule has 0 aromatic heterocycles. The lowest BCUT2D eigenvalue weighted by Gasteiger charge is -2.31. The fourth-order valence-corrected chi connectivity index (χ4v) is 4.37. The molecule has 7 heteroatoms. The third kappa shape index (κ3) is 5.62. The molecule has 0 radical (unpaired) electrons. The number of sulfonamides is 1. The summed E-state index contributed by atoms with van der Waals surface area (Å²) in [6.45, 7) is 6.84. The van der Waals surface area contributed by atoms with Crippen molar-refractivity contribution in [2.75, 3.05) is 33.3 Å². The molecular formula is C17H29ClN2O3S. The van der Waals surface area contributed by atoms with Crippen molar-refractivity contribution in [2.24, 2.45) is 11.8 Å². The third-order valence-corrected chi connectivity index (χ3v) is 5.90. The van der Waals surface area contributed by atoms with Crippen LogP contribution in [0.4, 0.5) is 0 Å². The van der Waals surface area contributed by atoms with Gasteiger partial charge in [0.2, 0.25) is 10.0 Å². The first kappa shape index (κ1) is 21.2. The summed E-state index contributed by atoms with van der Waals surface area (Å²) in [5.41, 5.74) is 0. The molecule has 5 nitrogen and oxygen atoms in total. The summed E-state index contributed by atoms with van der Waals surface area (Å²) in [6, 6.07) is 6.77. The van der Waals surface area contributed by atoms with Crippen LogP contribution in [0.5, 0.6) is 5.75 Å². The van der Waals surface area contributed by atoms with Crippen LogP contribution >= 0.6 is 12.4 Å². The zero-order chi connectivity index (χ0) is 16.9. The van der Waals surface area contributed by atoms with E-state index in [1.807, 2.05) is 7.05 Å². The van der Waals surface area contributed by atoms with E-state index in [0.29, 0.717) is 42.2 Å². The van der Waals surface area contributed by atoms with Crippen molar-refractivity contribution in [3.8, 4) is 5.75 Å². The Morgan fingerprint density at radius 3 is 2.54 bits per heavy atom. The summed E-state index contributed by atoms with van der Waals surface area (Å²) in [4.78, 5) is 0.347. The molecule has 1 aliphatic rings. The first-order valence-electron chi connectivity index (χ1n) is 8.31. The maximum Gasteiger partial charge on any atom is 0.243 e. The number of nitrogens with one attached hydrogen (secondary N) is 1. The van der Waals surface area contributed by atoms with E-state index in [-0.39, 0.29) is 12.4 Å². The van der Waals surface area contributed by atoms with Crippen molar-refractivity contribution >= 4 is 22.4 Å². The Morgan fingerprint density at radius 1 is 1.29 bits per heavy atom. The average molecular weight is 377 g/mol. The fraction of sp³-hybridized carbons (Fsp3) is 0.647. The minimum atomic E-state index is -3.41. The van der Waals surface area contributed by atoms with Crippen LogP contribution in [0.1, 0.15) is 26.7 Å². The van der Waals surface area contributed by atoms with Crippen molar-refractivity contribution < 1.29 is 13.2 Å². The number of hydrogen-bond donors (Lipinski definition) is 1. The van der Waals surface area contributed by atoms with Crippen LogP contribution in [-0.4, -0.2) is 46.0 Å². The minimum absolute atomic E-state index is 0. The summed E-state index contributed by atoms with van der Waals surface area (Å²) in [7, 11) is -1.51. The lowest BCUT2D eigenvalue weighted by atomic mass is 10.00. The first-order valence-corrected chi connectivity index (χ1v) is 9.75. The van der Waals surface area contributed by atoms with Gasteiger partial charge in [0.15, 0.2) is 0 Å². The lowest BCUT2D eigenvalue weighted by Crippen LogP contribution is -2.42. The fourth-order valence-electron chi connectivity index (χ4n) is 2.82. The second-order valence-electron chi connectivity index (χ2n) is 6.61. The van der Waals surface area contributed by atoms with Crippen LogP contribution in [0, 0.1) is 11.8 Å². The second kappa shape index (κ2) is 9.61. The Kier molecular flexibility index (Phi) is 8.50. The summed E-state index contributed by atoms with van der Waals surface area (Å²) >= 11 is 0. The normalized spacial score (nSPS) is 19.1. The van der Waals surface area contributed by atoms with Crippen LogP contribution < -0.4 is 10.1 Å². The Morgan fingerprint density at radius 2 is 1.96 bits per heavy atom. The first-order chi connectivity index (χ1) is 10.9. The number of hydrogen-bond acceptors (Lipinski definition) is 4. The molecule has 0 bridgehead atoms. The van der Waals surface area contributed by atoms with Crippen LogP contribution in [0.15, 0.2) is 29.2 Å². The van der Waals surface area contributed by atoms with Crippen molar-refractivity contribution in [1.82, 2.24) is 9.62 Å². The standard InChI is InChI=1S/C17H28N2O3S.ClH/c1-14(2)13-22-16-6-8-17(9-7-16)23(20,21)19-10-4-5-15(12-19)11-18-3;/h6-9,14-15,18H,4-5,10-13H2,1-3H3;1H. The molecule has 138 valence electrons. The van der Waals surface area contributed by atoms with Gasteiger partial charge in [0.1, 0.15) is 5.75 Å². The van der Waals surface area contributed by atoms with E-state index < -0.39 is 10.0 Å². The van der Waals surface area contributed by atoms with E-state index in [1.165, 1.54) is 0 Å². The van der Waals surface area contributed by atoms with E-state index in [4.69, 9.17) is 4.74 Å². The molecule has 0 amide bonds. The number of halogens is 1. The van der Waals surface area contributed by atoms with Gasteiger partial charge in [-0.3, -0.25) is 0 Å². The SMILES string of the molecule is CNCC1CCCN(S(=O)(=O)c2ccc(OCC(C)C)cc2)C1.Cl. The minimum Gasteiger partial charge on any atom is -0.493 e. The molecule has 2 rings (SSSR count). The van der Waals surface area contributed by atoms with E-state index in [1.54, 1.807) is 28.6 Å². The van der Waals surface area contributed by atoms with Gasteiger partial charge in [-0.2, -0.15) is 4.31 Å². The van der Waals surface area contributed by atoms with Crippen molar-refractivity contribution in [1.29, 1.82) is 0 Å². The Bertz CT molecular complexity index is 588. The zero-order valence-corrected chi connectivity index (χ0v) is 16.3. The molecule has 1 aromatic carbocycles. The summed E-state index contributed by atoms with van der Waals surface area (Å²) < 4.78 is 32.8. The molecule has 1 heterocycles. The average Bonchev–Trinajstić information content (AvgIpc) is 2.54. The van der Waals surface area contributed by atoms with Gasteiger partial charge < -0.3 is 10.1 Å². The Balaban J connectivity index is 0.00000288. The molecule has 1 saturated heterocycles. The highest BCUT2D eigenvalue weighted by Gasteiger charge is 2.29. The van der Waals surface area contributed by atoms with Crippen LogP contribution in [0.2, 0.25) is 0 Å². The van der Waals surface area contributed by atoms with Gasteiger partial charge in [0.05, 0.1) is 11.5 Å². The van der Waals surface area contributed by atoms with Gasteiger partial charge >= 0.3 is 0 Å². The van der Waals surface area contributed by atoms with E-state index in [2.05, 4.69) is 19.2 Å². The van der Waals surface area contributed by atoms with E-state index >= 15 is 0 Å². The number of piperidine rings is 1. The second-order valence-corrected chi connectivity index (χ2v) is 8.54. The topological polar surface area (TPSA) is 58.6 Å². The van der Waals surface area contributed by atoms with Crippen molar-refractivity contribution in [3.05, 3.63) is 24.3 Å². The maximum absolute atomic E-state index is 12.8. The third-order valence-electron chi connectivity index (χ3n) is 4.02. The largest absolute Gasteiger partial charge is 0.493 e. The van der Waals surface area contributed by atoms with Crippen molar-refractivity contribution in [3.63, 3.8) is 0 Å². The maximum atomic E-state index is 12.8. The molecule has 1 N–H and O–H groups in total. The molecule has 1 atom stereocenters. The Labute approximate surface area is 152 Å². The Hall–Kier alpha value is -0.820. The van der Waals surface area contributed by atoms with E-state index in [9.17, 15) is 8.42 Å². The quantitative estimate of drug-likeness (QED) is 0.794. The van der Waals surface area contributed by atoms with Gasteiger partial charge in [0, 0.05) is 13.1 Å². The van der Waals surface area contributed by atoms with E-state index in [0.717, 1.165) is 19.4 Å². The number of ether oxygens (including phenoxy) is 1. The number of rotatable bonds is 7. The summed E-state index contributed by atoms with van der Waals surface area (Å²) in [5, 5.41) is 3.14. The predicted molar refractivity (Wildman–Crippen MR) is 99.4 cm³/mol. The van der Waals surface area contributed by atoms with Crippen molar-refractivity contribution in [2.45, 2.75) is 31.6 Å². The van der Waals surface area contributed by atoms with Crippen LogP contribution in [0.25, 0.3) is 0 Å². The van der Waals surface area contributed by atoms with Gasteiger partial charge in [-0.15, -0.1) is 12.4 Å². The lowest BCUT2D eigenvalue weighted by molar-refractivity contribution is 0.263. The molecular weight excluding hydrogens is 348 g/mol. The molecule has 0 aliphatic carbocycles. The molecule has 24 heavy (non-hydrogen) atoms. The molecule has 1 aliphatic heterocycles. The predicted octanol–water partition coefficient (Wildman–Crippen LogP) is 2.76.